The molecule has 0 fully saturated rings. The van der Waals surface area contributed by atoms with Gasteiger partial charge in [-0.25, -0.2) is 0 Å². The Morgan fingerprint density at radius 1 is 1.38 bits per heavy atom. The van der Waals surface area contributed by atoms with Gasteiger partial charge in [0.25, 0.3) is 0 Å². The van der Waals surface area contributed by atoms with Gasteiger partial charge in [0, 0.05) is 6.42 Å². The van der Waals surface area contributed by atoms with Crippen molar-refractivity contribution in [3.8, 4) is 0 Å². The Hall–Kier alpha value is -1.18. The van der Waals surface area contributed by atoms with E-state index in [0.717, 1.165) is 31.8 Å². The van der Waals surface area contributed by atoms with E-state index in [1.54, 1.807) is 0 Å². The molecule has 0 radical (unpaired) electrons. The smallest absolute Gasteiger partial charge is 0.120 e. The van der Waals surface area contributed by atoms with E-state index in [4.69, 9.17) is 4.74 Å². The van der Waals surface area contributed by atoms with Gasteiger partial charge in [-0.3, -0.25) is 0 Å². The van der Waals surface area contributed by atoms with Crippen LogP contribution in [0.5, 0.6) is 0 Å². The maximum atomic E-state index is 5.61. The molecule has 2 aliphatic rings. The van der Waals surface area contributed by atoms with Crippen molar-refractivity contribution in [1.82, 2.24) is 4.90 Å². The van der Waals surface area contributed by atoms with Crippen molar-refractivity contribution in [3.05, 3.63) is 36.4 Å². The predicted molar refractivity (Wildman–Crippen MR) is 52.9 cm³/mol. The van der Waals surface area contributed by atoms with Crippen molar-refractivity contribution in [3.63, 3.8) is 0 Å². The highest BCUT2D eigenvalue weighted by molar-refractivity contribution is 5.34. The van der Waals surface area contributed by atoms with Crippen LogP contribution in [0.1, 0.15) is 19.3 Å². The van der Waals surface area contributed by atoms with Gasteiger partial charge in [0.05, 0.1) is 12.2 Å². The molecule has 2 rings (SSSR count). The Morgan fingerprint density at radius 3 is 3.00 bits per heavy atom. The number of ether oxygens (including phenoxy) is 1. The second kappa shape index (κ2) is 3.29. The number of rotatable bonds is 1. The third-order valence-electron chi connectivity index (χ3n) is 2.60. The summed E-state index contributed by atoms with van der Waals surface area (Å²) in [5.41, 5.74) is 2.38. The zero-order valence-electron chi connectivity index (χ0n) is 7.88. The third kappa shape index (κ3) is 1.37. The van der Waals surface area contributed by atoms with Gasteiger partial charge in [0.15, 0.2) is 0 Å². The second-order valence-electron chi connectivity index (χ2n) is 3.45. The van der Waals surface area contributed by atoms with Gasteiger partial charge in [-0.1, -0.05) is 13.2 Å². The highest BCUT2D eigenvalue weighted by atomic mass is 16.5. The van der Waals surface area contributed by atoms with Gasteiger partial charge in [0.2, 0.25) is 0 Å². The first-order valence-corrected chi connectivity index (χ1v) is 4.76. The summed E-state index contributed by atoms with van der Waals surface area (Å²) in [7, 11) is 0. The summed E-state index contributed by atoms with van der Waals surface area (Å²) in [5.74, 6) is 1.11. The Balaban J connectivity index is 2.36. The highest BCUT2D eigenvalue weighted by Gasteiger charge is 2.24. The minimum absolute atomic E-state index is 0.776. The van der Waals surface area contributed by atoms with Crippen LogP contribution in [0.3, 0.4) is 0 Å². The number of hydrogen-bond donors (Lipinski definition) is 0. The van der Waals surface area contributed by atoms with Crippen LogP contribution < -0.4 is 0 Å². The monoisotopic (exact) mass is 177 g/mol. The molecule has 0 amide bonds. The molecule has 0 aromatic rings. The first kappa shape index (κ1) is 8.42. The predicted octanol–water partition coefficient (Wildman–Crippen LogP) is 2.41. The summed E-state index contributed by atoms with van der Waals surface area (Å²) in [6, 6.07) is 0. The molecule has 1 aliphatic heterocycles. The van der Waals surface area contributed by atoms with Crippen LogP contribution in [0, 0.1) is 0 Å². The van der Waals surface area contributed by atoms with Crippen molar-refractivity contribution in [2.75, 3.05) is 13.2 Å². The largest absolute Gasteiger partial charge is 0.494 e. The van der Waals surface area contributed by atoms with E-state index in [0.29, 0.717) is 0 Å². The zero-order chi connectivity index (χ0) is 9.26. The van der Waals surface area contributed by atoms with E-state index >= 15 is 0 Å². The summed E-state index contributed by atoms with van der Waals surface area (Å²) in [6.45, 7) is 9.55. The summed E-state index contributed by atoms with van der Waals surface area (Å²) < 4.78 is 5.61. The molecule has 0 unspecified atom stereocenters. The average molecular weight is 177 g/mol. The number of nitrogens with zero attached hydrogens (tertiary/aromatic N) is 1. The molecule has 0 saturated carbocycles. The van der Waals surface area contributed by atoms with Crippen LogP contribution in [0.2, 0.25) is 0 Å². The molecule has 0 atom stereocenters. The lowest BCUT2D eigenvalue weighted by molar-refractivity contribution is 0.139. The fraction of sp³-hybridized carbons (Fsp3) is 0.455. The van der Waals surface area contributed by atoms with Crippen molar-refractivity contribution in [2.45, 2.75) is 19.3 Å². The normalized spacial score (nSPS) is 22.5. The number of allylic oxidation sites excluding steroid dienone is 2. The van der Waals surface area contributed by atoms with Gasteiger partial charge < -0.3 is 9.64 Å². The van der Waals surface area contributed by atoms with Gasteiger partial charge in [-0.15, -0.1) is 0 Å². The lowest BCUT2D eigenvalue weighted by atomic mass is 9.96. The molecule has 0 aromatic carbocycles. The van der Waals surface area contributed by atoms with Crippen LogP contribution in [-0.4, -0.2) is 18.1 Å². The maximum Gasteiger partial charge on any atom is 0.120 e. The third-order valence-corrected chi connectivity index (χ3v) is 2.60. The highest BCUT2D eigenvalue weighted by Crippen LogP contribution is 2.33. The number of hydrogen-bond acceptors (Lipinski definition) is 2. The minimum Gasteiger partial charge on any atom is -0.494 e. The molecule has 0 N–H and O–H groups in total. The van der Waals surface area contributed by atoms with Crippen LogP contribution in [-0.2, 0) is 4.74 Å². The van der Waals surface area contributed by atoms with E-state index in [1.807, 2.05) is 6.20 Å². The van der Waals surface area contributed by atoms with Crippen molar-refractivity contribution in [2.24, 2.45) is 0 Å². The molecule has 0 aromatic heterocycles. The van der Waals surface area contributed by atoms with Gasteiger partial charge >= 0.3 is 0 Å². The molecular formula is C11H15NO. The SMILES string of the molecule is C=CN1CCOC2=C1C(=C)CCC2. The maximum absolute atomic E-state index is 5.61. The zero-order valence-corrected chi connectivity index (χ0v) is 7.88. The lowest BCUT2D eigenvalue weighted by Gasteiger charge is -2.34. The van der Waals surface area contributed by atoms with E-state index in [1.165, 1.54) is 17.7 Å². The van der Waals surface area contributed by atoms with E-state index in [-0.39, 0.29) is 0 Å². The molecule has 70 valence electrons. The molecule has 1 aliphatic carbocycles. The summed E-state index contributed by atoms with van der Waals surface area (Å²) in [6.07, 6.45) is 5.18. The average Bonchev–Trinajstić information content (AvgIpc) is 2.17. The standard InChI is InChI=1S/C11H15NO/c1-3-12-7-8-13-10-6-4-5-9(2)11(10)12/h3H,1-2,4-8H2. The molecule has 2 heteroatoms. The van der Waals surface area contributed by atoms with Crippen LogP contribution >= 0.6 is 0 Å². The summed E-state index contributed by atoms with van der Waals surface area (Å²) in [4.78, 5) is 2.15. The minimum atomic E-state index is 0.776. The lowest BCUT2D eigenvalue weighted by Crippen LogP contribution is -2.30. The van der Waals surface area contributed by atoms with Gasteiger partial charge in [-0.2, -0.15) is 0 Å². The van der Waals surface area contributed by atoms with Crippen molar-refractivity contribution < 1.29 is 4.74 Å². The van der Waals surface area contributed by atoms with Crippen molar-refractivity contribution in [1.29, 1.82) is 0 Å². The first-order chi connectivity index (χ1) is 6.33. The van der Waals surface area contributed by atoms with Crippen LogP contribution in [0.4, 0.5) is 0 Å². The fourth-order valence-electron chi connectivity index (χ4n) is 1.96. The Bertz CT molecular complexity index is 274. The van der Waals surface area contributed by atoms with E-state index < -0.39 is 0 Å². The molecule has 0 bridgehead atoms. The van der Waals surface area contributed by atoms with Crippen LogP contribution in [0.25, 0.3) is 0 Å². The molecular weight excluding hydrogens is 162 g/mol. The quantitative estimate of drug-likeness (QED) is 0.610. The van der Waals surface area contributed by atoms with Gasteiger partial charge in [0.1, 0.15) is 12.4 Å². The first-order valence-electron chi connectivity index (χ1n) is 4.76. The van der Waals surface area contributed by atoms with Crippen molar-refractivity contribution >= 4 is 0 Å². The second-order valence-corrected chi connectivity index (χ2v) is 3.45. The summed E-state index contributed by atoms with van der Waals surface area (Å²) >= 11 is 0. The molecule has 2 nitrogen and oxygen atoms in total. The molecule has 0 spiro atoms. The molecule has 1 heterocycles. The molecule has 0 saturated heterocycles. The Morgan fingerprint density at radius 2 is 2.23 bits per heavy atom. The Kier molecular flexibility index (Phi) is 2.13. The Labute approximate surface area is 79.2 Å². The van der Waals surface area contributed by atoms with Gasteiger partial charge in [-0.05, 0) is 24.6 Å². The fourth-order valence-corrected chi connectivity index (χ4v) is 1.96. The molecule has 13 heavy (non-hydrogen) atoms. The van der Waals surface area contributed by atoms with E-state index in [9.17, 15) is 0 Å². The van der Waals surface area contributed by atoms with E-state index in [2.05, 4.69) is 18.1 Å². The van der Waals surface area contributed by atoms with Crippen LogP contribution in [0.15, 0.2) is 36.4 Å². The topological polar surface area (TPSA) is 12.5 Å². The summed E-state index contributed by atoms with van der Waals surface area (Å²) in [5, 5.41) is 0.